The van der Waals surface area contributed by atoms with Crippen molar-refractivity contribution >= 4 is 22.5 Å². The number of fused-ring (bicyclic) bond motifs is 1. The summed E-state index contributed by atoms with van der Waals surface area (Å²) in [5.74, 6) is 1.18. The Labute approximate surface area is 215 Å². The summed E-state index contributed by atoms with van der Waals surface area (Å²) >= 11 is 0. The van der Waals surface area contributed by atoms with E-state index in [-0.39, 0.29) is 23.9 Å². The average Bonchev–Trinajstić information content (AvgIpc) is 3.35. The Hall–Kier alpha value is -4.17. The number of aromatic nitrogens is 1. The first-order valence-electron chi connectivity index (χ1n) is 12.6. The quantitative estimate of drug-likeness (QED) is 0.254. The van der Waals surface area contributed by atoms with E-state index in [0.29, 0.717) is 18.8 Å². The van der Waals surface area contributed by atoms with Gasteiger partial charge in [0, 0.05) is 67.8 Å². The third kappa shape index (κ3) is 5.49. The Balaban J connectivity index is 1.50. The lowest BCUT2D eigenvalue weighted by Crippen LogP contribution is -2.48. The number of carbonyl (C=O) groups is 1. The topological polar surface area (TPSA) is 91.7 Å². The fourth-order valence-corrected chi connectivity index (χ4v) is 4.98. The molecule has 0 spiro atoms. The highest BCUT2D eigenvalue weighted by molar-refractivity contribution is 5.87. The van der Waals surface area contributed by atoms with Crippen molar-refractivity contribution in [3.63, 3.8) is 0 Å². The molecule has 8 nitrogen and oxygen atoms in total. The fourth-order valence-electron chi connectivity index (χ4n) is 4.98. The molecule has 1 aliphatic rings. The second-order valence-corrected chi connectivity index (χ2v) is 9.29. The first-order valence-corrected chi connectivity index (χ1v) is 12.6. The first-order chi connectivity index (χ1) is 18.0. The van der Waals surface area contributed by atoms with E-state index in [4.69, 9.17) is 4.74 Å². The van der Waals surface area contributed by atoms with Crippen molar-refractivity contribution in [2.45, 2.75) is 19.3 Å². The lowest BCUT2D eigenvalue weighted by molar-refractivity contribution is -0.384. The van der Waals surface area contributed by atoms with Gasteiger partial charge in [0.2, 0.25) is 5.91 Å². The summed E-state index contributed by atoms with van der Waals surface area (Å²) in [5, 5.41) is 12.2. The number of rotatable bonds is 8. The Morgan fingerprint density at radius 1 is 1.00 bits per heavy atom. The van der Waals surface area contributed by atoms with E-state index in [1.54, 1.807) is 12.1 Å². The molecule has 0 bridgehead atoms. The molecule has 1 amide bonds. The van der Waals surface area contributed by atoms with Crippen LogP contribution in [-0.2, 0) is 4.79 Å². The van der Waals surface area contributed by atoms with E-state index < -0.39 is 4.92 Å². The highest BCUT2D eigenvalue weighted by Gasteiger charge is 2.27. The molecule has 8 heteroatoms. The van der Waals surface area contributed by atoms with Crippen LogP contribution >= 0.6 is 0 Å². The van der Waals surface area contributed by atoms with Crippen molar-refractivity contribution in [2.75, 3.05) is 32.7 Å². The number of para-hydroxylation sites is 1. The Morgan fingerprint density at radius 3 is 2.49 bits per heavy atom. The number of hydrogen-bond acceptors (Lipinski definition) is 5. The number of non-ortho nitro benzene ring substituents is 1. The van der Waals surface area contributed by atoms with Gasteiger partial charge < -0.3 is 19.5 Å². The molecule has 4 aromatic rings. The molecule has 1 N–H and O–H groups in total. The van der Waals surface area contributed by atoms with Gasteiger partial charge in [-0.25, -0.2) is 0 Å². The maximum atomic E-state index is 13.5. The number of nitro groups is 1. The van der Waals surface area contributed by atoms with Crippen molar-refractivity contribution in [1.82, 2.24) is 14.8 Å². The third-order valence-electron chi connectivity index (χ3n) is 7.07. The van der Waals surface area contributed by atoms with Crippen molar-refractivity contribution in [1.29, 1.82) is 0 Å². The smallest absolute Gasteiger partial charge is 0.270 e. The first kappa shape index (κ1) is 24.5. The molecule has 2 heterocycles. The fraction of sp³-hybridized carbons (Fsp3) is 0.276. The van der Waals surface area contributed by atoms with E-state index in [1.165, 1.54) is 6.07 Å². The van der Waals surface area contributed by atoms with Gasteiger partial charge in [-0.15, -0.1) is 0 Å². The number of nitrogens with one attached hydrogen (secondary N) is 1. The van der Waals surface area contributed by atoms with Gasteiger partial charge in [-0.3, -0.25) is 14.9 Å². The number of amides is 1. The van der Waals surface area contributed by atoms with Crippen LogP contribution in [0.4, 0.5) is 5.69 Å². The van der Waals surface area contributed by atoms with Gasteiger partial charge in [-0.05, 0) is 48.0 Å². The highest BCUT2D eigenvalue weighted by atomic mass is 16.6. The molecule has 0 unspecified atom stereocenters. The summed E-state index contributed by atoms with van der Waals surface area (Å²) < 4.78 is 6.07. The van der Waals surface area contributed by atoms with Crippen LogP contribution in [-0.4, -0.2) is 58.3 Å². The van der Waals surface area contributed by atoms with Gasteiger partial charge >= 0.3 is 0 Å². The molecule has 190 valence electrons. The molecule has 0 radical (unpaired) electrons. The van der Waals surface area contributed by atoms with Crippen LogP contribution in [0.2, 0.25) is 0 Å². The van der Waals surface area contributed by atoms with Crippen LogP contribution in [0.1, 0.15) is 30.4 Å². The minimum absolute atomic E-state index is 0.0234. The number of nitro benzene ring substituents is 1. The number of benzene rings is 3. The van der Waals surface area contributed by atoms with Gasteiger partial charge in [0.05, 0.1) is 4.92 Å². The van der Waals surface area contributed by atoms with Crippen LogP contribution in [0.5, 0.6) is 11.5 Å². The van der Waals surface area contributed by atoms with Crippen molar-refractivity contribution in [3.05, 3.63) is 100 Å². The van der Waals surface area contributed by atoms with E-state index >= 15 is 0 Å². The van der Waals surface area contributed by atoms with Gasteiger partial charge in [0.1, 0.15) is 11.5 Å². The van der Waals surface area contributed by atoms with Gasteiger partial charge in [-0.1, -0.05) is 37.3 Å². The minimum Gasteiger partial charge on any atom is -0.457 e. The second-order valence-electron chi connectivity index (χ2n) is 9.29. The van der Waals surface area contributed by atoms with E-state index in [2.05, 4.69) is 16.8 Å². The number of piperazine rings is 1. The van der Waals surface area contributed by atoms with Gasteiger partial charge in [0.25, 0.3) is 5.69 Å². The predicted octanol–water partition coefficient (Wildman–Crippen LogP) is 5.55. The molecule has 3 aromatic carbocycles. The van der Waals surface area contributed by atoms with Crippen LogP contribution in [0.3, 0.4) is 0 Å². The molecule has 1 saturated heterocycles. The minimum atomic E-state index is -0.391. The highest BCUT2D eigenvalue weighted by Crippen LogP contribution is 2.37. The van der Waals surface area contributed by atoms with Crippen LogP contribution in [0.15, 0.2) is 79.0 Å². The number of ether oxygens (including phenoxy) is 1. The van der Waals surface area contributed by atoms with E-state index in [9.17, 15) is 14.9 Å². The summed E-state index contributed by atoms with van der Waals surface area (Å²) in [5.41, 5.74) is 2.60. The maximum Gasteiger partial charge on any atom is 0.270 e. The van der Waals surface area contributed by atoms with Crippen LogP contribution in [0.25, 0.3) is 10.9 Å². The lowest BCUT2D eigenvalue weighted by atomic mass is 9.87. The number of nitrogens with zero attached hydrogens (tertiary/aromatic N) is 3. The zero-order chi connectivity index (χ0) is 25.8. The monoisotopic (exact) mass is 498 g/mol. The number of carbonyl (C=O) groups excluding carboxylic acids is 1. The number of likely N-dealkylation sites (N-methyl/N-ethyl adjacent to an activating group) is 1. The second kappa shape index (κ2) is 10.8. The average molecular weight is 499 g/mol. The summed E-state index contributed by atoms with van der Waals surface area (Å²) in [7, 11) is 0. The summed E-state index contributed by atoms with van der Waals surface area (Å²) in [6.07, 6.45) is 2.13. The molecule has 37 heavy (non-hydrogen) atoms. The predicted molar refractivity (Wildman–Crippen MR) is 143 cm³/mol. The standard InChI is InChI=1S/C29H30N4O4/c1-2-31-13-15-32(16-14-31)29(34)19-25(27-20-30-28-12-11-22(33(35)36)18-26(27)28)21-7-6-10-24(17-21)37-23-8-4-3-5-9-23/h3-12,17-18,20,25,30H,2,13-16,19H2,1H3/t25-/m1/s1. The molecule has 0 aliphatic carbocycles. The van der Waals surface area contributed by atoms with Crippen molar-refractivity contribution in [2.24, 2.45) is 0 Å². The Morgan fingerprint density at radius 2 is 1.76 bits per heavy atom. The number of H-pyrrole nitrogens is 1. The molecule has 0 saturated carbocycles. The molecule has 5 rings (SSSR count). The zero-order valence-corrected chi connectivity index (χ0v) is 20.8. The normalized spacial score (nSPS) is 15.0. The third-order valence-corrected chi connectivity index (χ3v) is 7.07. The molecule has 1 aliphatic heterocycles. The molecule has 1 fully saturated rings. The van der Waals surface area contributed by atoms with E-state index in [1.807, 2.05) is 65.7 Å². The lowest BCUT2D eigenvalue weighted by Gasteiger charge is -2.35. The van der Waals surface area contributed by atoms with Crippen LogP contribution < -0.4 is 4.74 Å². The molecular weight excluding hydrogens is 468 g/mol. The number of aromatic amines is 1. The van der Waals surface area contributed by atoms with Gasteiger partial charge in [-0.2, -0.15) is 0 Å². The summed E-state index contributed by atoms with van der Waals surface area (Å²) in [6.45, 7) is 6.26. The van der Waals surface area contributed by atoms with Crippen molar-refractivity contribution in [3.8, 4) is 11.5 Å². The van der Waals surface area contributed by atoms with Crippen molar-refractivity contribution < 1.29 is 14.5 Å². The largest absolute Gasteiger partial charge is 0.457 e. The SMILES string of the molecule is CCN1CCN(C(=O)C[C@H](c2cccc(Oc3ccccc3)c2)c2c[nH]c3ccc([N+](=O)[O-])cc23)CC1. The Bertz CT molecular complexity index is 1390. The molecule has 1 aromatic heterocycles. The van der Waals surface area contributed by atoms with E-state index in [0.717, 1.165) is 47.4 Å². The molecular formula is C29H30N4O4. The molecule has 1 atom stereocenters. The van der Waals surface area contributed by atoms with Crippen LogP contribution in [0, 0.1) is 10.1 Å². The summed E-state index contributed by atoms with van der Waals surface area (Å²) in [4.78, 5) is 32.1. The summed E-state index contributed by atoms with van der Waals surface area (Å²) in [6, 6.07) is 22.1. The number of hydrogen-bond donors (Lipinski definition) is 1. The maximum absolute atomic E-state index is 13.5. The van der Waals surface area contributed by atoms with Gasteiger partial charge in [0.15, 0.2) is 0 Å². The Kier molecular flexibility index (Phi) is 7.18. The zero-order valence-electron chi connectivity index (χ0n) is 20.8.